The first-order valence-corrected chi connectivity index (χ1v) is 11.7. The minimum atomic E-state index is -0.143. The number of benzene rings is 2. The number of carbonyl (C=O) groups is 2. The van der Waals surface area contributed by atoms with Crippen molar-refractivity contribution in [3.63, 3.8) is 0 Å². The number of hydrogen-bond donors (Lipinski definition) is 2. The topological polar surface area (TPSA) is 85.2 Å². The number of aromatic nitrogens is 2. The largest absolute Gasteiger partial charge is 0.492 e. The number of carbonyl (C=O) groups excluding carboxylic acids is 2. The highest BCUT2D eigenvalue weighted by molar-refractivity contribution is 7.99. The van der Waals surface area contributed by atoms with Gasteiger partial charge in [-0.15, -0.1) is 0 Å². The van der Waals surface area contributed by atoms with E-state index in [9.17, 15) is 9.59 Å². The molecule has 0 fully saturated rings. The Labute approximate surface area is 192 Å². The summed E-state index contributed by atoms with van der Waals surface area (Å²) in [5, 5.41) is 6.50. The highest BCUT2D eigenvalue weighted by atomic mass is 32.2. The maximum atomic E-state index is 12.5. The van der Waals surface area contributed by atoms with E-state index in [1.807, 2.05) is 54.1 Å². The molecule has 3 rings (SSSR count). The van der Waals surface area contributed by atoms with Gasteiger partial charge in [-0.05, 0) is 49.7 Å². The molecule has 0 aliphatic carbocycles. The first-order valence-electron chi connectivity index (χ1n) is 10.7. The van der Waals surface area contributed by atoms with Crippen LogP contribution in [0.3, 0.4) is 0 Å². The molecule has 1 heterocycles. The molecule has 0 aliphatic heterocycles. The first kappa shape index (κ1) is 23.4. The number of imidazole rings is 1. The SMILES string of the molecule is CCCCNC(=O)c1ccc(-n2ccnc2SCC(=O)Nc2ccccc2OCC)cc1. The number of para-hydroxylation sites is 2. The highest BCUT2D eigenvalue weighted by Crippen LogP contribution is 2.25. The summed E-state index contributed by atoms with van der Waals surface area (Å²) in [6.07, 6.45) is 5.53. The van der Waals surface area contributed by atoms with Gasteiger partial charge in [0.05, 0.1) is 18.0 Å². The molecule has 32 heavy (non-hydrogen) atoms. The van der Waals surface area contributed by atoms with Crippen molar-refractivity contribution in [1.82, 2.24) is 14.9 Å². The number of ether oxygens (including phenoxy) is 1. The van der Waals surface area contributed by atoms with Crippen molar-refractivity contribution in [1.29, 1.82) is 0 Å². The van der Waals surface area contributed by atoms with E-state index in [1.165, 1.54) is 11.8 Å². The van der Waals surface area contributed by atoms with Gasteiger partial charge < -0.3 is 15.4 Å². The third kappa shape index (κ3) is 6.37. The summed E-state index contributed by atoms with van der Waals surface area (Å²) in [4.78, 5) is 29.0. The average Bonchev–Trinajstić information content (AvgIpc) is 3.28. The van der Waals surface area contributed by atoms with Gasteiger partial charge in [0.2, 0.25) is 5.91 Å². The fourth-order valence-corrected chi connectivity index (χ4v) is 3.79. The number of thioether (sulfide) groups is 1. The quantitative estimate of drug-likeness (QED) is 0.330. The van der Waals surface area contributed by atoms with Crippen LogP contribution in [-0.2, 0) is 4.79 Å². The molecule has 7 nitrogen and oxygen atoms in total. The summed E-state index contributed by atoms with van der Waals surface area (Å²) in [6, 6.07) is 14.7. The lowest BCUT2D eigenvalue weighted by Gasteiger charge is -2.11. The molecule has 0 atom stereocenters. The predicted molar refractivity (Wildman–Crippen MR) is 128 cm³/mol. The van der Waals surface area contributed by atoms with E-state index < -0.39 is 0 Å². The van der Waals surface area contributed by atoms with Crippen molar-refractivity contribution in [2.24, 2.45) is 0 Å². The van der Waals surface area contributed by atoms with E-state index in [1.54, 1.807) is 18.3 Å². The number of nitrogens with zero attached hydrogens (tertiary/aromatic N) is 2. The molecule has 2 N–H and O–H groups in total. The Morgan fingerprint density at radius 3 is 2.62 bits per heavy atom. The van der Waals surface area contributed by atoms with Crippen LogP contribution in [0.5, 0.6) is 5.75 Å². The Kier molecular flexibility index (Phi) is 8.74. The number of nitrogens with one attached hydrogen (secondary N) is 2. The zero-order chi connectivity index (χ0) is 22.8. The second kappa shape index (κ2) is 12.0. The zero-order valence-electron chi connectivity index (χ0n) is 18.3. The van der Waals surface area contributed by atoms with E-state index >= 15 is 0 Å². The molecule has 0 unspecified atom stereocenters. The number of unbranched alkanes of at least 4 members (excludes halogenated alkanes) is 1. The van der Waals surface area contributed by atoms with Crippen molar-refractivity contribution in [2.75, 3.05) is 24.2 Å². The Morgan fingerprint density at radius 2 is 1.88 bits per heavy atom. The average molecular weight is 453 g/mol. The fourth-order valence-electron chi connectivity index (χ4n) is 3.01. The summed E-state index contributed by atoms with van der Waals surface area (Å²) >= 11 is 1.34. The minimum Gasteiger partial charge on any atom is -0.492 e. The smallest absolute Gasteiger partial charge is 0.251 e. The van der Waals surface area contributed by atoms with Gasteiger partial charge in [-0.25, -0.2) is 4.98 Å². The zero-order valence-corrected chi connectivity index (χ0v) is 19.2. The van der Waals surface area contributed by atoms with Gasteiger partial charge in [0.15, 0.2) is 5.16 Å². The van der Waals surface area contributed by atoms with Gasteiger partial charge >= 0.3 is 0 Å². The number of amides is 2. The monoisotopic (exact) mass is 452 g/mol. The number of rotatable bonds is 11. The molecule has 2 amide bonds. The molecule has 0 radical (unpaired) electrons. The third-order valence-corrected chi connectivity index (χ3v) is 5.59. The van der Waals surface area contributed by atoms with Crippen LogP contribution in [0.2, 0.25) is 0 Å². The molecule has 0 aliphatic rings. The van der Waals surface area contributed by atoms with Crippen molar-refractivity contribution in [3.8, 4) is 11.4 Å². The van der Waals surface area contributed by atoms with Gasteiger partial charge in [-0.2, -0.15) is 0 Å². The molecule has 0 spiro atoms. The third-order valence-electron chi connectivity index (χ3n) is 4.62. The lowest BCUT2D eigenvalue weighted by atomic mass is 10.2. The van der Waals surface area contributed by atoms with Gasteiger partial charge in [0.25, 0.3) is 5.91 Å². The van der Waals surface area contributed by atoms with Crippen LogP contribution < -0.4 is 15.4 Å². The Hall–Kier alpha value is -3.26. The predicted octanol–water partition coefficient (Wildman–Crippen LogP) is 4.53. The van der Waals surface area contributed by atoms with Gasteiger partial charge in [0.1, 0.15) is 5.75 Å². The van der Waals surface area contributed by atoms with Crippen LogP contribution in [0.1, 0.15) is 37.0 Å². The summed E-state index contributed by atoms with van der Waals surface area (Å²) in [6.45, 7) is 5.19. The van der Waals surface area contributed by atoms with Crippen LogP contribution in [0.15, 0.2) is 66.1 Å². The van der Waals surface area contributed by atoms with Crippen molar-refractivity contribution >= 4 is 29.3 Å². The highest BCUT2D eigenvalue weighted by Gasteiger charge is 2.12. The van der Waals surface area contributed by atoms with Crippen molar-refractivity contribution < 1.29 is 14.3 Å². The lowest BCUT2D eigenvalue weighted by Crippen LogP contribution is -2.24. The van der Waals surface area contributed by atoms with Crippen LogP contribution in [0, 0.1) is 0 Å². The van der Waals surface area contributed by atoms with Gasteiger partial charge in [-0.1, -0.05) is 37.2 Å². The maximum absolute atomic E-state index is 12.5. The van der Waals surface area contributed by atoms with Crippen molar-refractivity contribution in [3.05, 3.63) is 66.5 Å². The molecule has 168 valence electrons. The van der Waals surface area contributed by atoms with E-state index in [4.69, 9.17) is 4.74 Å². The normalized spacial score (nSPS) is 10.6. The molecular weight excluding hydrogens is 424 g/mol. The number of anilines is 1. The lowest BCUT2D eigenvalue weighted by molar-refractivity contribution is -0.113. The summed E-state index contributed by atoms with van der Waals surface area (Å²) in [5.74, 6) is 0.633. The van der Waals surface area contributed by atoms with E-state index in [2.05, 4.69) is 22.5 Å². The number of hydrogen-bond acceptors (Lipinski definition) is 5. The van der Waals surface area contributed by atoms with Crippen molar-refractivity contribution in [2.45, 2.75) is 31.8 Å². The van der Waals surface area contributed by atoms with Crippen LogP contribution in [-0.4, -0.2) is 40.3 Å². The first-order chi connectivity index (χ1) is 15.6. The maximum Gasteiger partial charge on any atom is 0.251 e. The second-order valence-electron chi connectivity index (χ2n) is 7.00. The Morgan fingerprint density at radius 1 is 1.09 bits per heavy atom. The van der Waals surface area contributed by atoms with E-state index in [0.717, 1.165) is 18.5 Å². The molecule has 2 aromatic carbocycles. The van der Waals surface area contributed by atoms with Crippen LogP contribution in [0.4, 0.5) is 5.69 Å². The van der Waals surface area contributed by atoms with Gasteiger partial charge in [0, 0.05) is 30.2 Å². The molecule has 8 heteroatoms. The second-order valence-corrected chi connectivity index (χ2v) is 7.94. The van der Waals surface area contributed by atoms with E-state index in [-0.39, 0.29) is 17.6 Å². The fraction of sp³-hybridized carbons (Fsp3) is 0.292. The minimum absolute atomic E-state index is 0.0748. The van der Waals surface area contributed by atoms with E-state index in [0.29, 0.717) is 35.3 Å². The molecule has 3 aromatic rings. The molecule has 0 bridgehead atoms. The molecule has 1 aromatic heterocycles. The summed E-state index contributed by atoms with van der Waals surface area (Å²) in [7, 11) is 0. The standard InChI is InChI=1S/C24H28N4O3S/c1-3-5-14-25-23(30)18-10-12-19(13-11-18)28-16-15-26-24(28)32-17-22(29)27-20-8-6-7-9-21(20)31-4-2/h6-13,15-16H,3-5,14,17H2,1-2H3,(H,25,30)(H,27,29). The van der Waals surface area contributed by atoms with Gasteiger partial charge in [-0.3, -0.25) is 14.2 Å². The summed E-state index contributed by atoms with van der Waals surface area (Å²) in [5.41, 5.74) is 2.14. The van der Waals surface area contributed by atoms with Crippen LogP contribution in [0.25, 0.3) is 5.69 Å². The Balaban J connectivity index is 1.60. The van der Waals surface area contributed by atoms with Crippen LogP contribution >= 0.6 is 11.8 Å². The summed E-state index contributed by atoms with van der Waals surface area (Å²) < 4.78 is 7.45. The molecule has 0 saturated carbocycles. The molecular formula is C24H28N4O3S. The Bertz CT molecular complexity index is 1030. The molecule has 0 saturated heterocycles.